The van der Waals surface area contributed by atoms with E-state index in [1.54, 1.807) is 10.9 Å². The van der Waals surface area contributed by atoms with E-state index in [4.69, 9.17) is 0 Å². The van der Waals surface area contributed by atoms with E-state index in [1.807, 2.05) is 46.0 Å². The number of carbonyl (C=O) groups excluding carboxylic acids is 2. The SMILES string of the molecule is O=C(Cn1ccc2ccccc21)NCC1CCN(C(=O)c2cscn2)CC1. The third-order valence-electron chi connectivity index (χ3n) is 5.14. The van der Waals surface area contributed by atoms with E-state index in [1.165, 1.54) is 11.3 Å². The Bertz CT molecular complexity index is 927. The number of amides is 2. The van der Waals surface area contributed by atoms with Crippen molar-refractivity contribution in [3.8, 4) is 0 Å². The lowest BCUT2D eigenvalue weighted by atomic mass is 9.96. The third-order valence-corrected chi connectivity index (χ3v) is 5.72. The van der Waals surface area contributed by atoms with Gasteiger partial charge in [-0.05, 0) is 36.3 Å². The molecule has 1 aromatic carbocycles. The van der Waals surface area contributed by atoms with Crippen molar-refractivity contribution in [1.82, 2.24) is 19.8 Å². The molecule has 2 aromatic heterocycles. The first-order valence-electron chi connectivity index (χ1n) is 9.19. The summed E-state index contributed by atoms with van der Waals surface area (Å²) in [6, 6.07) is 10.1. The van der Waals surface area contributed by atoms with Crippen LogP contribution in [-0.2, 0) is 11.3 Å². The number of nitrogens with one attached hydrogen (secondary N) is 1. The molecule has 3 heterocycles. The monoisotopic (exact) mass is 382 g/mol. The zero-order valence-electron chi connectivity index (χ0n) is 15.0. The summed E-state index contributed by atoms with van der Waals surface area (Å²) < 4.78 is 1.97. The highest BCUT2D eigenvalue weighted by Crippen LogP contribution is 2.19. The molecule has 1 fully saturated rings. The maximum atomic E-state index is 12.3. The Labute approximate surface area is 161 Å². The van der Waals surface area contributed by atoms with Gasteiger partial charge in [0.25, 0.3) is 5.91 Å². The molecular weight excluding hydrogens is 360 g/mol. The molecule has 1 aliphatic heterocycles. The first kappa shape index (κ1) is 17.7. The molecule has 140 valence electrons. The largest absolute Gasteiger partial charge is 0.354 e. The Morgan fingerprint density at radius 2 is 2.00 bits per heavy atom. The summed E-state index contributed by atoms with van der Waals surface area (Å²) in [5.74, 6) is 0.449. The topological polar surface area (TPSA) is 67.2 Å². The third kappa shape index (κ3) is 4.03. The minimum atomic E-state index is 0.0122. The smallest absolute Gasteiger partial charge is 0.273 e. The molecule has 4 rings (SSSR count). The van der Waals surface area contributed by atoms with E-state index < -0.39 is 0 Å². The summed E-state index contributed by atoms with van der Waals surface area (Å²) in [5, 5.41) is 5.99. The van der Waals surface area contributed by atoms with Gasteiger partial charge in [-0.2, -0.15) is 0 Å². The molecule has 0 unspecified atom stereocenters. The minimum Gasteiger partial charge on any atom is -0.354 e. The van der Waals surface area contributed by atoms with E-state index in [0.717, 1.165) is 36.8 Å². The number of likely N-dealkylation sites (tertiary alicyclic amines) is 1. The van der Waals surface area contributed by atoms with E-state index in [0.29, 0.717) is 24.7 Å². The average Bonchev–Trinajstić information content (AvgIpc) is 3.37. The molecule has 0 saturated carbocycles. The Morgan fingerprint density at radius 1 is 1.19 bits per heavy atom. The van der Waals surface area contributed by atoms with Crippen LogP contribution in [0, 0.1) is 5.92 Å². The second-order valence-electron chi connectivity index (χ2n) is 6.92. The fraction of sp³-hybridized carbons (Fsp3) is 0.350. The highest BCUT2D eigenvalue weighted by Gasteiger charge is 2.24. The summed E-state index contributed by atoms with van der Waals surface area (Å²) in [6.07, 6.45) is 3.76. The normalized spacial score (nSPS) is 15.2. The molecule has 1 N–H and O–H groups in total. The van der Waals surface area contributed by atoms with E-state index in [9.17, 15) is 9.59 Å². The fourth-order valence-electron chi connectivity index (χ4n) is 3.57. The standard InChI is InChI=1S/C20H22N4O2S/c25-19(12-24-10-7-16-3-1-2-4-18(16)24)21-11-15-5-8-23(9-6-15)20(26)17-13-27-14-22-17/h1-4,7,10,13-15H,5-6,8-9,11-12H2,(H,21,25). The van der Waals surface area contributed by atoms with Gasteiger partial charge in [-0.25, -0.2) is 4.98 Å². The Balaban J connectivity index is 1.24. The minimum absolute atomic E-state index is 0.0122. The molecular formula is C20H22N4O2S. The van der Waals surface area contributed by atoms with Crippen LogP contribution in [-0.4, -0.2) is 45.9 Å². The molecule has 7 heteroatoms. The number of fused-ring (bicyclic) bond motifs is 1. The van der Waals surface area contributed by atoms with E-state index in [-0.39, 0.29) is 11.8 Å². The number of benzene rings is 1. The van der Waals surface area contributed by atoms with Crippen LogP contribution in [0.15, 0.2) is 47.4 Å². The first-order valence-corrected chi connectivity index (χ1v) is 10.1. The summed E-state index contributed by atoms with van der Waals surface area (Å²) in [4.78, 5) is 30.6. The maximum Gasteiger partial charge on any atom is 0.273 e. The van der Waals surface area contributed by atoms with Crippen molar-refractivity contribution in [2.24, 2.45) is 5.92 Å². The van der Waals surface area contributed by atoms with E-state index in [2.05, 4.69) is 10.3 Å². The van der Waals surface area contributed by atoms with Crippen LogP contribution in [0.3, 0.4) is 0 Å². The van der Waals surface area contributed by atoms with Crippen molar-refractivity contribution in [2.45, 2.75) is 19.4 Å². The highest BCUT2D eigenvalue weighted by atomic mass is 32.1. The average molecular weight is 382 g/mol. The molecule has 0 bridgehead atoms. The van der Waals surface area contributed by atoms with Crippen molar-refractivity contribution < 1.29 is 9.59 Å². The van der Waals surface area contributed by atoms with Crippen LogP contribution in [0.4, 0.5) is 0 Å². The van der Waals surface area contributed by atoms with Gasteiger partial charge < -0.3 is 14.8 Å². The second-order valence-corrected chi connectivity index (χ2v) is 7.63. The number of piperidine rings is 1. The van der Waals surface area contributed by atoms with Crippen LogP contribution in [0.1, 0.15) is 23.3 Å². The van der Waals surface area contributed by atoms with Gasteiger partial charge >= 0.3 is 0 Å². The van der Waals surface area contributed by atoms with Gasteiger partial charge in [0, 0.05) is 36.7 Å². The van der Waals surface area contributed by atoms with Crippen molar-refractivity contribution in [1.29, 1.82) is 0 Å². The summed E-state index contributed by atoms with van der Waals surface area (Å²) in [5.41, 5.74) is 3.29. The number of nitrogens with zero attached hydrogens (tertiary/aromatic N) is 3. The number of hydrogen-bond acceptors (Lipinski definition) is 4. The van der Waals surface area contributed by atoms with Crippen molar-refractivity contribution in [3.05, 3.63) is 53.1 Å². The predicted molar refractivity (Wildman–Crippen MR) is 106 cm³/mol. The molecule has 2 amide bonds. The first-order chi connectivity index (χ1) is 13.2. The number of carbonyl (C=O) groups is 2. The van der Waals surface area contributed by atoms with Gasteiger partial charge in [0.15, 0.2) is 0 Å². The molecule has 3 aromatic rings. The van der Waals surface area contributed by atoms with Gasteiger partial charge in [-0.3, -0.25) is 9.59 Å². The van der Waals surface area contributed by atoms with Crippen molar-refractivity contribution in [3.63, 3.8) is 0 Å². The molecule has 1 aliphatic rings. The number of rotatable bonds is 5. The van der Waals surface area contributed by atoms with Crippen LogP contribution < -0.4 is 5.32 Å². The molecule has 0 spiro atoms. The van der Waals surface area contributed by atoms with Gasteiger partial charge in [-0.1, -0.05) is 18.2 Å². The number of thiazole rings is 1. The molecule has 1 saturated heterocycles. The highest BCUT2D eigenvalue weighted by molar-refractivity contribution is 7.07. The molecule has 0 atom stereocenters. The molecule has 0 aliphatic carbocycles. The lowest BCUT2D eigenvalue weighted by molar-refractivity contribution is -0.121. The van der Waals surface area contributed by atoms with Crippen molar-refractivity contribution >= 4 is 34.1 Å². The van der Waals surface area contributed by atoms with Gasteiger partial charge in [0.1, 0.15) is 12.2 Å². The van der Waals surface area contributed by atoms with Crippen LogP contribution in [0.5, 0.6) is 0 Å². The van der Waals surface area contributed by atoms with Crippen LogP contribution in [0.2, 0.25) is 0 Å². The molecule has 27 heavy (non-hydrogen) atoms. The van der Waals surface area contributed by atoms with Gasteiger partial charge in [-0.15, -0.1) is 11.3 Å². The molecule has 0 radical (unpaired) electrons. The Kier molecular flexibility index (Phi) is 5.20. The van der Waals surface area contributed by atoms with Gasteiger partial charge in [0.05, 0.1) is 5.51 Å². The predicted octanol–water partition coefficient (Wildman–Crippen LogP) is 2.77. The van der Waals surface area contributed by atoms with E-state index >= 15 is 0 Å². The van der Waals surface area contributed by atoms with Gasteiger partial charge in [0.2, 0.25) is 5.91 Å². The zero-order valence-corrected chi connectivity index (χ0v) is 15.8. The lowest BCUT2D eigenvalue weighted by Gasteiger charge is -2.31. The number of aromatic nitrogens is 2. The summed E-state index contributed by atoms with van der Waals surface area (Å²) in [6.45, 7) is 2.43. The molecule has 6 nitrogen and oxygen atoms in total. The number of para-hydroxylation sites is 1. The summed E-state index contributed by atoms with van der Waals surface area (Å²) >= 11 is 1.44. The Hall–Kier alpha value is -2.67. The quantitative estimate of drug-likeness (QED) is 0.738. The number of hydrogen-bond donors (Lipinski definition) is 1. The second kappa shape index (κ2) is 7.92. The lowest BCUT2D eigenvalue weighted by Crippen LogP contribution is -2.42. The van der Waals surface area contributed by atoms with Crippen molar-refractivity contribution in [2.75, 3.05) is 19.6 Å². The fourth-order valence-corrected chi connectivity index (χ4v) is 4.09. The Morgan fingerprint density at radius 3 is 2.78 bits per heavy atom. The van der Waals surface area contributed by atoms with Crippen LogP contribution in [0.25, 0.3) is 10.9 Å². The maximum absolute atomic E-state index is 12.3. The zero-order chi connectivity index (χ0) is 18.6. The summed E-state index contributed by atoms with van der Waals surface area (Å²) in [7, 11) is 0. The van der Waals surface area contributed by atoms with Crippen LogP contribution >= 0.6 is 11.3 Å².